The second-order valence-electron chi connectivity index (χ2n) is 4.92. The van der Waals surface area contributed by atoms with Gasteiger partial charge in [-0.15, -0.1) is 0 Å². The van der Waals surface area contributed by atoms with Gasteiger partial charge in [0.05, 0.1) is 11.3 Å². The molecule has 0 atom stereocenters. The number of aryl methyl sites for hydroxylation is 2. The fourth-order valence-corrected chi connectivity index (χ4v) is 1.97. The highest BCUT2D eigenvalue weighted by Gasteiger charge is 2.17. The molecule has 1 aromatic heterocycles. The quantitative estimate of drug-likeness (QED) is 0.789. The van der Waals surface area contributed by atoms with Crippen LogP contribution in [0.4, 0.5) is 0 Å². The largest absolute Gasteiger partial charge is 0.375 e. The molecule has 98 valence electrons. The first-order valence-electron chi connectivity index (χ1n) is 6.34. The van der Waals surface area contributed by atoms with E-state index in [9.17, 15) is 0 Å². The number of ether oxygens (including phenoxy) is 1. The SMILES string of the molecule is CCOC(C)(C)CNCc1cn(C)nc1CC. The molecule has 0 bridgehead atoms. The fraction of sp³-hybridized carbons (Fsp3) is 0.769. The Bertz CT molecular complexity index is 344. The Morgan fingerprint density at radius 2 is 2.12 bits per heavy atom. The van der Waals surface area contributed by atoms with Crippen LogP contribution in [0, 0.1) is 0 Å². The molecule has 1 rings (SSSR count). The highest BCUT2D eigenvalue weighted by atomic mass is 16.5. The first-order valence-corrected chi connectivity index (χ1v) is 6.34. The molecule has 1 N–H and O–H groups in total. The van der Waals surface area contributed by atoms with Gasteiger partial charge < -0.3 is 10.1 Å². The summed E-state index contributed by atoms with van der Waals surface area (Å²) in [6.45, 7) is 10.8. The van der Waals surface area contributed by atoms with E-state index in [1.54, 1.807) is 0 Å². The second kappa shape index (κ2) is 6.17. The summed E-state index contributed by atoms with van der Waals surface area (Å²) in [6, 6.07) is 0. The monoisotopic (exact) mass is 239 g/mol. The summed E-state index contributed by atoms with van der Waals surface area (Å²) in [6.07, 6.45) is 3.06. The van der Waals surface area contributed by atoms with E-state index >= 15 is 0 Å². The molecule has 0 radical (unpaired) electrons. The molecule has 0 saturated heterocycles. The number of rotatable bonds is 7. The Kier molecular flexibility index (Phi) is 5.15. The third-order valence-corrected chi connectivity index (χ3v) is 2.73. The standard InChI is InChI=1S/C13H25N3O/c1-6-12-11(9-16(5)15-12)8-14-10-13(3,4)17-7-2/h9,14H,6-8,10H2,1-5H3. The van der Waals surface area contributed by atoms with Crippen molar-refractivity contribution in [3.8, 4) is 0 Å². The maximum Gasteiger partial charge on any atom is 0.0750 e. The Labute approximate surface area is 104 Å². The van der Waals surface area contributed by atoms with Crippen LogP contribution in [0.3, 0.4) is 0 Å². The molecule has 0 aromatic carbocycles. The minimum absolute atomic E-state index is 0.108. The van der Waals surface area contributed by atoms with Gasteiger partial charge in [-0.25, -0.2) is 0 Å². The summed E-state index contributed by atoms with van der Waals surface area (Å²) in [5.41, 5.74) is 2.35. The highest BCUT2D eigenvalue weighted by Crippen LogP contribution is 2.09. The molecule has 17 heavy (non-hydrogen) atoms. The van der Waals surface area contributed by atoms with Crippen LogP contribution in [-0.2, 0) is 24.8 Å². The van der Waals surface area contributed by atoms with Crippen molar-refractivity contribution in [2.24, 2.45) is 7.05 Å². The van der Waals surface area contributed by atoms with Gasteiger partial charge >= 0.3 is 0 Å². The Morgan fingerprint density at radius 3 is 2.71 bits per heavy atom. The van der Waals surface area contributed by atoms with Crippen molar-refractivity contribution in [1.82, 2.24) is 15.1 Å². The zero-order chi connectivity index (χ0) is 12.9. The normalized spacial score (nSPS) is 12.1. The van der Waals surface area contributed by atoms with Crippen LogP contribution in [0.2, 0.25) is 0 Å². The van der Waals surface area contributed by atoms with Crippen molar-refractivity contribution >= 4 is 0 Å². The number of hydrogen-bond donors (Lipinski definition) is 1. The highest BCUT2D eigenvalue weighted by molar-refractivity contribution is 5.16. The molecule has 0 spiro atoms. The Morgan fingerprint density at radius 1 is 1.41 bits per heavy atom. The fourth-order valence-electron chi connectivity index (χ4n) is 1.97. The third-order valence-electron chi connectivity index (χ3n) is 2.73. The molecule has 0 aliphatic rings. The van der Waals surface area contributed by atoms with Crippen molar-refractivity contribution in [3.63, 3.8) is 0 Å². The van der Waals surface area contributed by atoms with E-state index in [1.165, 1.54) is 11.3 Å². The second-order valence-corrected chi connectivity index (χ2v) is 4.92. The van der Waals surface area contributed by atoms with Gasteiger partial charge in [0.15, 0.2) is 0 Å². The minimum Gasteiger partial charge on any atom is -0.375 e. The van der Waals surface area contributed by atoms with Gasteiger partial charge in [0.1, 0.15) is 0 Å². The van der Waals surface area contributed by atoms with Gasteiger partial charge in [0, 0.05) is 38.5 Å². The van der Waals surface area contributed by atoms with Crippen LogP contribution < -0.4 is 5.32 Å². The Hall–Kier alpha value is -0.870. The molecule has 1 heterocycles. The van der Waals surface area contributed by atoms with E-state index in [0.717, 1.165) is 26.1 Å². The summed E-state index contributed by atoms with van der Waals surface area (Å²) in [5.74, 6) is 0. The van der Waals surface area contributed by atoms with Crippen LogP contribution in [0.15, 0.2) is 6.20 Å². The van der Waals surface area contributed by atoms with Gasteiger partial charge in [-0.2, -0.15) is 5.10 Å². The van der Waals surface area contributed by atoms with Crippen LogP contribution in [0.1, 0.15) is 39.0 Å². The van der Waals surface area contributed by atoms with Crippen LogP contribution >= 0.6 is 0 Å². The minimum atomic E-state index is -0.108. The first kappa shape index (κ1) is 14.2. The molecule has 4 heteroatoms. The van der Waals surface area contributed by atoms with Crippen molar-refractivity contribution < 1.29 is 4.74 Å². The van der Waals surface area contributed by atoms with Gasteiger partial charge in [-0.05, 0) is 27.2 Å². The number of hydrogen-bond acceptors (Lipinski definition) is 3. The summed E-state index contributed by atoms with van der Waals surface area (Å²) >= 11 is 0. The third kappa shape index (κ3) is 4.48. The van der Waals surface area contributed by atoms with E-state index < -0.39 is 0 Å². The molecule has 0 aliphatic heterocycles. The zero-order valence-corrected chi connectivity index (χ0v) is 11.7. The van der Waals surface area contributed by atoms with Gasteiger partial charge in [-0.1, -0.05) is 6.92 Å². The number of aromatic nitrogens is 2. The van der Waals surface area contributed by atoms with E-state index in [0.29, 0.717) is 0 Å². The predicted octanol–water partition coefficient (Wildman–Crippen LogP) is 1.89. The molecular weight excluding hydrogens is 214 g/mol. The summed E-state index contributed by atoms with van der Waals surface area (Å²) < 4.78 is 7.52. The van der Waals surface area contributed by atoms with Gasteiger partial charge in [0.2, 0.25) is 0 Å². The van der Waals surface area contributed by atoms with Gasteiger partial charge in [-0.3, -0.25) is 4.68 Å². The van der Waals surface area contributed by atoms with Crippen molar-refractivity contribution in [1.29, 1.82) is 0 Å². The van der Waals surface area contributed by atoms with Crippen molar-refractivity contribution in [3.05, 3.63) is 17.5 Å². The number of nitrogens with one attached hydrogen (secondary N) is 1. The molecule has 1 aromatic rings. The molecule has 0 saturated carbocycles. The first-order chi connectivity index (χ1) is 7.98. The topological polar surface area (TPSA) is 39.1 Å². The lowest BCUT2D eigenvalue weighted by Gasteiger charge is -2.24. The number of nitrogens with zero attached hydrogens (tertiary/aromatic N) is 2. The Balaban J connectivity index is 2.45. The van der Waals surface area contributed by atoms with Crippen LogP contribution in [0.25, 0.3) is 0 Å². The average molecular weight is 239 g/mol. The van der Waals surface area contributed by atoms with Crippen molar-refractivity contribution in [2.75, 3.05) is 13.2 Å². The van der Waals surface area contributed by atoms with E-state index in [4.69, 9.17) is 4.74 Å². The van der Waals surface area contributed by atoms with E-state index in [2.05, 4.69) is 37.4 Å². The lowest BCUT2D eigenvalue weighted by molar-refractivity contribution is -0.00898. The zero-order valence-electron chi connectivity index (χ0n) is 11.7. The summed E-state index contributed by atoms with van der Waals surface area (Å²) in [4.78, 5) is 0. The molecule has 0 amide bonds. The van der Waals surface area contributed by atoms with Gasteiger partial charge in [0.25, 0.3) is 0 Å². The molecule has 0 unspecified atom stereocenters. The van der Waals surface area contributed by atoms with Crippen molar-refractivity contribution in [2.45, 2.75) is 46.3 Å². The van der Waals surface area contributed by atoms with E-state index in [1.807, 2.05) is 18.7 Å². The lowest BCUT2D eigenvalue weighted by Crippen LogP contribution is -2.37. The average Bonchev–Trinajstić information content (AvgIpc) is 2.58. The molecular formula is C13H25N3O. The molecule has 4 nitrogen and oxygen atoms in total. The predicted molar refractivity (Wildman–Crippen MR) is 70.0 cm³/mol. The van der Waals surface area contributed by atoms with Crippen LogP contribution in [-0.4, -0.2) is 28.5 Å². The van der Waals surface area contributed by atoms with Crippen LogP contribution in [0.5, 0.6) is 0 Å². The smallest absolute Gasteiger partial charge is 0.0750 e. The molecule has 0 fully saturated rings. The van der Waals surface area contributed by atoms with E-state index in [-0.39, 0.29) is 5.60 Å². The molecule has 0 aliphatic carbocycles. The summed E-state index contributed by atoms with van der Waals surface area (Å²) in [7, 11) is 1.97. The maximum absolute atomic E-state index is 5.65. The maximum atomic E-state index is 5.65. The summed E-state index contributed by atoms with van der Waals surface area (Å²) in [5, 5.41) is 7.86. The lowest BCUT2D eigenvalue weighted by atomic mass is 10.1.